The van der Waals surface area contributed by atoms with Crippen molar-refractivity contribution in [3.05, 3.63) is 29.8 Å². The zero-order valence-electron chi connectivity index (χ0n) is 9.45. The Labute approximate surface area is 95.1 Å². The van der Waals surface area contributed by atoms with Crippen LogP contribution in [0.5, 0.6) is 0 Å². The lowest BCUT2D eigenvalue weighted by atomic mass is 9.94. The van der Waals surface area contributed by atoms with Gasteiger partial charge in [-0.05, 0) is 24.5 Å². The number of alkyl halides is 1. The predicted molar refractivity (Wildman–Crippen MR) is 62.3 cm³/mol. The lowest BCUT2D eigenvalue weighted by Gasteiger charge is -2.40. The first-order valence-electron chi connectivity index (χ1n) is 5.72. The normalized spacial score (nSPS) is 24.0. The Morgan fingerprint density at radius 1 is 1.50 bits per heavy atom. The molecule has 1 aromatic rings. The Hall–Kier alpha value is -1.38. The maximum Gasteiger partial charge on any atom is 0.238 e. The second-order valence-corrected chi connectivity index (χ2v) is 4.22. The third-order valence-corrected chi connectivity index (χ3v) is 3.10. The average Bonchev–Trinajstić information content (AvgIpc) is 2.33. The van der Waals surface area contributed by atoms with Crippen molar-refractivity contribution in [1.82, 2.24) is 0 Å². The lowest BCUT2D eigenvalue weighted by molar-refractivity contribution is -0.118. The number of hydrogen-bond acceptors (Lipinski definition) is 2. The van der Waals surface area contributed by atoms with Gasteiger partial charge < -0.3 is 4.90 Å². The summed E-state index contributed by atoms with van der Waals surface area (Å²) < 4.78 is 14.4. The van der Waals surface area contributed by atoms with Gasteiger partial charge in [0.25, 0.3) is 0 Å². The monoisotopic (exact) mass is 221 g/mol. The molecule has 1 aliphatic rings. The Morgan fingerprint density at radius 2 is 2.25 bits per heavy atom. The zero-order valence-corrected chi connectivity index (χ0v) is 9.45. The van der Waals surface area contributed by atoms with Gasteiger partial charge in [-0.2, -0.15) is 0 Å². The number of aryl methyl sites for hydroxylation is 1. The largest absolute Gasteiger partial charge is 0.333 e. The quantitative estimate of drug-likeness (QED) is 0.577. The van der Waals surface area contributed by atoms with Crippen molar-refractivity contribution in [3.63, 3.8) is 0 Å². The summed E-state index contributed by atoms with van der Waals surface area (Å²) in [6.45, 7) is 2.56. The Balaban J connectivity index is 2.43. The van der Waals surface area contributed by atoms with Crippen molar-refractivity contribution >= 4 is 12.0 Å². The highest BCUT2D eigenvalue weighted by atomic mass is 19.1. The standard InChI is InChI=1S/C13H16FNO/c1-2-9-15-12-6-4-3-5-11(12)7-8-13(15,14)10-16/h3-6,10H,2,7-9H2,1H3. The van der Waals surface area contributed by atoms with Crippen LogP contribution in [0.4, 0.5) is 10.1 Å². The fraction of sp³-hybridized carbons (Fsp3) is 0.462. The predicted octanol–water partition coefficient (Wildman–Crippen LogP) is 2.71. The van der Waals surface area contributed by atoms with E-state index in [0.29, 0.717) is 19.3 Å². The Morgan fingerprint density at radius 3 is 2.94 bits per heavy atom. The highest BCUT2D eigenvalue weighted by molar-refractivity contribution is 5.73. The third-order valence-electron chi connectivity index (χ3n) is 3.10. The molecular formula is C13H16FNO. The number of fused-ring (bicyclic) bond motifs is 1. The van der Waals surface area contributed by atoms with E-state index in [9.17, 15) is 9.18 Å². The number of carbonyl (C=O) groups excluding carboxylic acids is 1. The molecule has 0 spiro atoms. The lowest BCUT2D eigenvalue weighted by Crippen LogP contribution is -2.50. The number of nitrogens with zero attached hydrogens (tertiary/aromatic N) is 1. The fourth-order valence-corrected chi connectivity index (χ4v) is 2.28. The molecule has 0 bridgehead atoms. The van der Waals surface area contributed by atoms with E-state index in [1.54, 1.807) is 4.90 Å². The molecule has 1 heterocycles. The smallest absolute Gasteiger partial charge is 0.238 e. The van der Waals surface area contributed by atoms with Crippen LogP contribution in [0.3, 0.4) is 0 Å². The molecule has 2 rings (SSSR count). The van der Waals surface area contributed by atoms with Crippen molar-refractivity contribution in [1.29, 1.82) is 0 Å². The molecule has 1 aliphatic heterocycles. The number of aldehydes is 1. The average molecular weight is 221 g/mol. The highest BCUT2D eigenvalue weighted by Gasteiger charge is 2.40. The fourth-order valence-electron chi connectivity index (χ4n) is 2.28. The second-order valence-electron chi connectivity index (χ2n) is 4.22. The van der Waals surface area contributed by atoms with Crippen molar-refractivity contribution in [3.8, 4) is 0 Å². The van der Waals surface area contributed by atoms with Crippen LogP contribution in [0, 0.1) is 0 Å². The molecule has 86 valence electrons. The molecule has 0 N–H and O–H groups in total. The SMILES string of the molecule is CCCN1c2ccccc2CCC1(F)C=O. The van der Waals surface area contributed by atoms with Gasteiger partial charge in [-0.15, -0.1) is 0 Å². The molecule has 1 unspecified atom stereocenters. The summed E-state index contributed by atoms with van der Waals surface area (Å²) in [5.74, 6) is -1.82. The third kappa shape index (κ3) is 1.70. The van der Waals surface area contributed by atoms with Crippen molar-refractivity contribution in [2.24, 2.45) is 0 Å². The number of benzene rings is 1. The van der Waals surface area contributed by atoms with Gasteiger partial charge >= 0.3 is 0 Å². The van der Waals surface area contributed by atoms with Crippen LogP contribution in [0.1, 0.15) is 25.3 Å². The summed E-state index contributed by atoms with van der Waals surface area (Å²) in [5.41, 5.74) is 2.00. The molecular weight excluding hydrogens is 205 g/mol. The van der Waals surface area contributed by atoms with Crippen LogP contribution in [0.15, 0.2) is 24.3 Å². The Bertz CT molecular complexity index is 393. The van der Waals surface area contributed by atoms with Crippen molar-refractivity contribution in [2.45, 2.75) is 32.0 Å². The summed E-state index contributed by atoms with van der Waals surface area (Å²) in [6, 6.07) is 7.73. The van der Waals surface area contributed by atoms with Crippen LogP contribution >= 0.6 is 0 Å². The molecule has 0 fully saturated rings. The minimum Gasteiger partial charge on any atom is -0.333 e. The van der Waals surface area contributed by atoms with Crippen LogP contribution < -0.4 is 4.90 Å². The van der Waals surface area contributed by atoms with E-state index >= 15 is 0 Å². The van der Waals surface area contributed by atoms with Gasteiger partial charge in [0.05, 0.1) is 0 Å². The minimum atomic E-state index is -1.82. The summed E-state index contributed by atoms with van der Waals surface area (Å²) in [6.07, 6.45) is 2.16. The van der Waals surface area contributed by atoms with Crippen molar-refractivity contribution in [2.75, 3.05) is 11.4 Å². The van der Waals surface area contributed by atoms with E-state index in [1.165, 1.54) is 0 Å². The van der Waals surface area contributed by atoms with Gasteiger partial charge in [0.1, 0.15) is 0 Å². The summed E-state index contributed by atoms with van der Waals surface area (Å²) in [7, 11) is 0. The maximum atomic E-state index is 14.4. The van der Waals surface area contributed by atoms with E-state index in [4.69, 9.17) is 0 Å². The van der Waals surface area contributed by atoms with Gasteiger partial charge in [0, 0.05) is 18.7 Å². The number of para-hydroxylation sites is 1. The molecule has 1 aromatic carbocycles. The van der Waals surface area contributed by atoms with Crippen LogP contribution in [0.25, 0.3) is 0 Å². The van der Waals surface area contributed by atoms with E-state index in [-0.39, 0.29) is 6.42 Å². The maximum absolute atomic E-state index is 14.4. The molecule has 0 aromatic heterocycles. The summed E-state index contributed by atoms with van der Waals surface area (Å²) in [4.78, 5) is 12.6. The summed E-state index contributed by atoms with van der Waals surface area (Å²) >= 11 is 0. The van der Waals surface area contributed by atoms with E-state index in [1.807, 2.05) is 31.2 Å². The van der Waals surface area contributed by atoms with Crippen LogP contribution in [-0.4, -0.2) is 18.6 Å². The molecule has 0 saturated heterocycles. The van der Waals surface area contributed by atoms with Gasteiger partial charge in [-0.3, -0.25) is 4.79 Å². The molecule has 0 aliphatic carbocycles. The first kappa shape index (κ1) is 11.1. The van der Waals surface area contributed by atoms with E-state index in [2.05, 4.69) is 0 Å². The van der Waals surface area contributed by atoms with Gasteiger partial charge in [-0.1, -0.05) is 25.1 Å². The van der Waals surface area contributed by atoms with Gasteiger partial charge in [-0.25, -0.2) is 4.39 Å². The second kappa shape index (κ2) is 4.24. The molecule has 16 heavy (non-hydrogen) atoms. The van der Waals surface area contributed by atoms with Crippen molar-refractivity contribution < 1.29 is 9.18 Å². The molecule has 1 atom stereocenters. The van der Waals surface area contributed by atoms with E-state index in [0.717, 1.165) is 17.7 Å². The van der Waals surface area contributed by atoms with Crippen LogP contribution in [0.2, 0.25) is 0 Å². The molecule has 3 heteroatoms. The number of hydrogen-bond donors (Lipinski definition) is 0. The number of rotatable bonds is 3. The highest BCUT2D eigenvalue weighted by Crippen LogP contribution is 2.36. The number of halogens is 1. The molecule has 0 amide bonds. The van der Waals surface area contributed by atoms with Gasteiger partial charge in [0.2, 0.25) is 5.79 Å². The first-order valence-corrected chi connectivity index (χ1v) is 5.72. The minimum absolute atomic E-state index is 0.257. The zero-order chi connectivity index (χ0) is 11.6. The topological polar surface area (TPSA) is 20.3 Å². The number of anilines is 1. The molecule has 2 nitrogen and oxygen atoms in total. The molecule has 0 saturated carbocycles. The van der Waals surface area contributed by atoms with Gasteiger partial charge in [0.15, 0.2) is 6.29 Å². The van der Waals surface area contributed by atoms with Crippen LogP contribution in [-0.2, 0) is 11.2 Å². The summed E-state index contributed by atoms with van der Waals surface area (Å²) in [5, 5.41) is 0. The number of carbonyl (C=O) groups is 1. The Kier molecular flexibility index (Phi) is 2.95. The first-order chi connectivity index (χ1) is 7.71. The van der Waals surface area contributed by atoms with E-state index < -0.39 is 5.79 Å². The molecule has 0 radical (unpaired) electrons.